The van der Waals surface area contributed by atoms with E-state index in [0.29, 0.717) is 25.7 Å². The Morgan fingerprint density at radius 1 is 0.880 bits per heavy atom. The van der Waals surface area contributed by atoms with E-state index in [1.54, 1.807) is 24.3 Å². The summed E-state index contributed by atoms with van der Waals surface area (Å²) in [5.74, 6) is 0. The molecule has 0 aliphatic carbocycles. The Morgan fingerprint density at radius 2 is 1.56 bits per heavy atom. The predicted octanol–water partition coefficient (Wildman–Crippen LogP) is 4.98. The number of carbonyl (C=O) groups excluding carboxylic acids is 1. The third-order valence-electron chi connectivity index (χ3n) is 3.64. The summed E-state index contributed by atoms with van der Waals surface area (Å²) >= 11 is 0. The summed E-state index contributed by atoms with van der Waals surface area (Å²) in [5.41, 5.74) is 0.321. The van der Waals surface area contributed by atoms with Crippen LogP contribution in [0.25, 0.3) is 0 Å². The number of hydrogen-bond donors (Lipinski definition) is 0. The fourth-order valence-electron chi connectivity index (χ4n) is 2.20. The van der Waals surface area contributed by atoms with Crippen molar-refractivity contribution in [1.82, 2.24) is 0 Å². The lowest BCUT2D eigenvalue weighted by molar-refractivity contribution is -0.428. The van der Waals surface area contributed by atoms with Crippen LogP contribution in [0.5, 0.6) is 0 Å². The second-order valence-corrected chi connectivity index (χ2v) is 5.72. The minimum Gasteiger partial charge on any atom is -0.303 e. The highest BCUT2D eigenvalue weighted by atomic mass is 16.6. The van der Waals surface area contributed by atoms with E-state index >= 15 is 0 Å². The molecular formula is C18H28N2O5. The number of carbonyl (C=O) groups is 1. The van der Waals surface area contributed by atoms with E-state index in [0.717, 1.165) is 38.4 Å². The molecule has 0 saturated heterocycles. The molecule has 0 aromatic carbocycles. The second kappa shape index (κ2) is 15.2. The van der Waals surface area contributed by atoms with E-state index in [2.05, 4.69) is 0 Å². The zero-order valence-corrected chi connectivity index (χ0v) is 14.9. The number of hydrogen-bond acceptors (Lipinski definition) is 5. The number of allylic oxidation sites excluding steroid dienone is 5. The number of nitrogens with zero attached hydrogens (tertiary/aromatic N) is 2. The molecule has 140 valence electrons. The van der Waals surface area contributed by atoms with Crippen molar-refractivity contribution in [1.29, 1.82) is 0 Å². The van der Waals surface area contributed by atoms with Crippen molar-refractivity contribution in [3.05, 3.63) is 55.9 Å². The van der Waals surface area contributed by atoms with E-state index < -0.39 is 4.92 Å². The Labute approximate surface area is 148 Å². The molecule has 0 aromatic rings. The first-order valence-electron chi connectivity index (χ1n) is 8.78. The molecule has 0 aliphatic rings. The van der Waals surface area contributed by atoms with Gasteiger partial charge >= 0.3 is 0 Å². The lowest BCUT2D eigenvalue weighted by Crippen LogP contribution is -1.99. The molecule has 7 heteroatoms. The third-order valence-corrected chi connectivity index (χ3v) is 3.64. The van der Waals surface area contributed by atoms with Crippen LogP contribution in [0.1, 0.15) is 71.1 Å². The normalized spacial score (nSPS) is 12.5. The van der Waals surface area contributed by atoms with E-state index in [4.69, 9.17) is 0 Å². The maximum Gasteiger partial charge on any atom is 0.246 e. The lowest BCUT2D eigenvalue weighted by atomic mass is 10.1. The summed E-state index contributed by atoms with van der Waals surface area (Å²) in [7, 11) is 0. The molecule has 0 aromatic heterocycles. The zero-order valence-electron chi connectivity index (χ0n) is 14.9. The van der Waals surface area contributed by atoms with Gasteiger partial charge in [-0.3, -0.25) is 20.2 Å². The van der Waals surface area contributed by atoms with Crippen LogP contribution in [-0.2, 0) is 4.79 Å². The topological polar surface area (TPSA) is 103 Å². The summed E-state index contributed by atoms with van der Waals surface area (Å²) in [6.07, 6.45) is 13.7. The Balaban J connectivity index is 4.40. The van der Waals surface area contributed by atoms with Gasteiger partial charge < -0.3 is 4.79 Å². The van der Waals surface area contributed by atoms with Gasteiger partial charge in [0.15, 0.2) is 0 Å². The van der Waals surface area contributed by atoms with Crippen molar-refractivity contribution in [3.63, 3.8) is 0 Å². The molecular weight excluding hydrogens is 324 g/mol. The molecule has 7 nitrogen and oxygen atoms in total. The number of aldehydes is 1. The predicted molar refractivity (Wildman–Crippen MR) is 97.2 cm³/mol. The molecule has 0 N–H and O–H groups in total. The van der Waals surface area contributed by atoms with Crippen LogP contribution in [-0.4, -0.2) is 16.1 Å². The molecule has 0 atom stereocenters. The largest absolute Gasteiger partial charge is 0.303 e. The molecule has 0 aliphatic heterocycles. The number of unbranched alkanes of at least 4 members (excludes halogenated alkanes) is 5. The van der Waals surface area contributed by atoms with Crippen molar-refractivity contribution in [3.8, 4) is 0 Å². The van der Waals surface area contributed by atoms with Gasteiger partial charge in [-0.15, -0.1) is 0 Å². The standard InChI is InChI=1S/C18H28N2O5/c1-2-3-7-12-17(19(22)23)14-9-6-10-15-18(20(24)25)13-8-4-5-11-16-21/h6,10,13-14,16H,2-5,7-9,11-12,15H2,1H3. The van der Waals surface area contributed by atoms with E-state index in [9.17, 15) is 25.0 Å². The van der Waals surface area contributed by atoms with Crippen LogP contribution in [0.2, 0.25) is 0 Å². The molecule has 0 bridgehead atoms. The summed E-state index contributed by atoms with van der Waals surface area (Å²) in [6.45, 7) is 2.04. The first kappa shape index (κ1) is 22.7. The van der Waals surface area contributed by atoms with Gasteiger partial charge in [0.1, 0.15) is 6.29 Å². The van der Waals surface area contributed by atoms with Crippen LogP contribution in [0.15, 0.2) is 35.7 Å². The van der Waals surface area contributed by atoms with Crippen molar-refractivity contribution < 1.29 is 14.6 Å². The minimum absolute atomic E-state index is 0.115. The van der Waals surface area contributed by atoms with Gasteiger partial charge in [0.25, 0.3) is 0 Å². The molecule has 0 fully saturated rings. The fraction of sp³-hybridized carbons (Fsp3) is 0.611. The van der Waals surface area contributed by atoms with Gasteiger partial charge in [0.2, 0.25) is 11.4 Å². The van der Waals surface area contributed by atoms with Gasteiger partial charge in [0.05, 0.1) is 16.3 Å². The molecule has 0 amide bonds. The van der Waals surface area contributed by atoms with Crippen LogP contribution in [0.4, 0.5) is 0 Å². The van der Waals surface area contributed by atoms with Crippen LogP contribution >= 0.6 is 0 Å². The summed E-state index contributed by atoms with van der Waals surface area (Å²) in [6, 6.07) is 0. The Hall–Kier alpha value is -2.31. The maximum absolute atomic E-state index is 11.0. The van der Waals surface area contributed by atoms with Gasteiger partial charge in [-0.05, 0) is 44.3 Å². The number of nitro groups is 2. The van der Waals surface area contributed by atoms with E-state index in [-0.39, 0.29) is 22.7 Å². The Bertz CT molecular complexity index is 510. The van der Waals surface area contributed by atoms with Crippen molar-refractivity contribution in [2.45, 2.75) is 71.1 Å². The van der Waals surface area contributed by atoms with Crippen LogP contribution in [0.3, 0.4) is 0 Å². The average molecular weight is 352 g/mol. The highest BCUT2D eigenvalue weighted by Crippen LogP contribution is 2.12. The average Bonchev–Trinajstić information content (AvgIpc) is 2.57. The summed E-state index contributed by atoms with van der Waals surface area (Å²) in [4.78, 5) is 31.3. The van der Waals surface area contributed by atoms with Crippen molar-refractivity contribution >= 4 is 6.29 Å². The second-order valence-electron chi connectivity index (χ2n) is 5.72. The number of rotatable bonds is 15. The van der Waals surface area contributed by atoms with Gasteiger partial charge in [-0.2, -0.15) is 0 Å². The first-order valence-corrected chi connectivity index (χ1v) is 8.78. The van der Waals surface area contributed by atoms with Gasteiger partial charge in [0, 0.05) is 12.8 Å². The quantitative estimate of drug-likeness (QED) is 0.136. The van der Waals surface area contributed by atoms with Crippen LogP contribution < -0.4 is 0 Å². The molecule has 0 spiro atoms. The molecule has 0 saturated carbocycles. The highest BCUT2D eigenvalue weighted by molar-refractivity contribution is 5.48. The molecule has 0 unspecified atom stereocenters. The minimum atomic E-state index is -0.410. The third kappa shape index (κ3) is 12.7. The van der Waals surface area contributed by atoms with Crippen molar-refractivity contribution in [2.24, 2.45) is 0 Å². The SMILES string of the molecule is CCCCCC(=CCC=CCC(=CCCCCC=O)[N+](=O)[O-])[N+](=O)[O-]. The zero-order chi connectivity index (χ0) is 18.9. The molecule has 0 heterocycles. The van der Waals surface area contributed by atoms with Crippen molar-refractivity contribution in [2.75, 3.05) is 0 Å². The van der Waals surface area contributed by atoms with E-state index in [1.807, 2.05) is 6.92 Å². The van der Waals surface area contributed by atoms with Gasteiger partial charge in [-0.1, -0.05) is 31.9 Å². The Morgan fingerprint density at radius 3 is 2.16 bits per heavy atom. The Kier molecular flexibility index (Phi) is 13.8. The summed E-state index contributed by atoms with van der Waals surface area (Å²) in [5, 5.41) is 21.9. The lowest BCUT2D eigenvalue weighted by Gasteiger charge is -1.97. The maximum atomic E-state index is 11.0. The summed E-state index contributed by atoms with van der Waals surface area (Å²) < 4.78 is 0. The van der Waals surface area contributed by atoms with E-state index in [1.165, 1.54) is 0 Å². The first-order chi connectivity index (χ1) is 12.0. The van der Waals surface area contributed by atoms with Crippen LogP contribution in [0, 0.1) is 20.2 Å². The molecule has 25 heavy (non-hydrogen) atoms. The molecule has 0 radical (unpaired) electrons. The fourth-order valence-corrected chi connectivity index (χ4v) is 2.20. The van der Waals surface area contributed by atoms with Gasteiger partial charge in [-0.25, -0.2) is 0 Å². The smallest absolute Gasteiger partial charge is 0.246 e. The molecule has 0 rings (SSSR count). The monoisotopic (exact) mass is 352 g/mol. The highest BCUT2D eigenvalue weighted by Gasteiger charge is 2.09.